The number of aliphatic hydroxyl groups excluding tert-OH is 1. The Balaban J connectivity index is 3.41. The van der Waals surface area contributed by atoms with Crippen molar-refractivity contribution in [2.75, 3.05) is 19.8 Å². The highest BCUT2D eigenvalue weighted by atomic mass is 16.6. The van der Waals surface area contributed by atoms with Crippen LogP contribution < -0.4 is 0 Å². The lowest BCUT2D eigenvalue weighted by Crippen LogP contribution is -2.27. The minimum absolute atomic E-state index is 0.170. The summed E-state index contributed by atoms with van der Waals surface area (Å²) in [5.74, 6) is -0.201. The van der Waals surface area contributed by atoms with Crippen LogP contribution in [0.15, 0.2) is 48.6 Å². The van der Waals surface area contributed by atoms with Gasteiger partial charge < -0.3 is 14.6 Å². The molecule has 52 heavy (non-hydrogen) atoms. The van der Waals surface area contributed by atoms with Crippen LogP contribution in [0.25, 0.3) is 0 Å². The Kier molecular flexibility index (Phi) is 44.1. The van der Waals surface area contributed by atoms with Crippen molar-refractivity contribution >= 4 is 5.97 Å². The molecule has 1 N–H and O–H groups in total. The van der Waals surface area contributed by atoms with Gasteiger partial charge in [-0.05, 0) is 51.4 Å². The Labute approximate surface area is 324 Å². The lowest BCUT2D eigenvalue weighted by molar-refractivity contribution is -0.154. The molecule has 1 atom stereocenters. The average molecular weight is 729 g/mol. The number of aliphatic hydroxyl groups is 1. The zero-order chi connectivity index (χ0) is 37.7. The molecule has 0 aliphatic heterocycles. The fourth-order valence-corrected chi connectivity index (χ4v) is 6.56. The number of unbranched alkanes of at least 4 members (excludes halogenated alkanes) is 26. The van der Waals surface area contributed by atoms with E-state index in [2.05, 4.69) is 62.5 Å². The van der Waals surface area contributed by atoms with Crippen molar-refractivity contribution < 1.29 is 19.4 Å². The van der Waals surface area contributed by atoms with Gasteiger partial charge in [-0.3, -0.25) is 4.79 Å². The highest BCUT2D eigenvalue weighted by Crippen LogP contribution is 2.15. The number of esters is 1. The smallest absolute Gasteiger partial charge is 0.306 e. The lowest BCUT2D eigenvalue weighted by Gasteiger charge is -2.16. The first-order chi connectivity index (χ1) is 25.7. The van der Waals surface area contributed by atoms with E-state index >= 15 is 0 Å². The van der Waals surface area contributed by atoms with Crippen LogP contribution in [0, 0.1) is 0 Å². The van der Waals surface area contributed by atoms with Gasteiger partial charge in [0, 0.05) is 13.0 Å². The van der Waals surface area contributed by atoms with Gasteiger partial charge in [0.15, 0.2) is 0 Å². The number of ether oxygens (including phenoxy) is 2. The molecule has 0 aromatic rings. The van der Waals surface area contributed by atoms with Gasteiger partial charge >= 0.3 is 5.97 Å². The average Bonchev–Trinajstić information content (AvgIpc) is 3.15. The maximum Gasteiger partial charge on any atom is 0.306 e. The van der Waals surface area contributed by atoms with Crippen molar-refractivity contribution in [2.24, 2.45) is 0 Å². The highest BCUT2D eigenvalue weighted by molar-refractivity contribution is 5.69. The molecule has 0 aliphatic carbocycles. The Bertz CT molecular complexity index is 813. The number of carbonyl (C=O) groups is 1. The van der Waals surface area contributed by atoms with Gasteiger partial charge in [0.25, 0.3) is 0 Å². The molecule has 0 amide bonds. The topological polar surface area (TPSA) is 55.8 Å². The predicted molar refractivity (Wildman–Crippen MR) is 228 cm³/mol. The first-order valence-corrected chi connectivity index (χ1v) is 22.7. The highest BCUT2D eigenvalue weighted by Gasteiger charge is 2.13. The maximum absolute atomic E-state index is 12.2. The van der Waals surface area contributed by atoms with Crippen molar-refractivity contribution in [3.63, 3.8) is 0 Å². The van der Waals surface area contributed by atoms with Crippen molar-refractivity contribution in [3.8, 4) is 0 Å². The van der Waals surface area contributed by atoms with Gasteiger partial charge in [-0.15, -0.1) is 0 Å². The molecule has 0 aromatic heterocycles. The van der Waals surface area contributed by atoms with E-state index in [0.717, 1.165) is 44.9 Å². The second kappa shape index (κ2) is 45.5. The minimum atomic E-state index is -0.533. The van der Waals surface area contributed by atoms with Crippen molar-refractivity contribution in [1.29, 1.82) is 0 Å². The summed E-state index contributed by atoms with van der Waals surface area (Å²) in [5.41, 5.74) is 0. The lowest BCUT2D eigenvalue weighted by atomic mass is 10.0. The fraction of sp³-hybridized carbons (Fsp3) is 0.812. The zero-order valence-electron chi connectivity index (χ0n) is 34.8. The summed E-state index contributed by atoms with van der Waals surface area (Å²) in [6, 6.07) is 0. The third-order valence-electron chi connectivity index (χ3n) is 9.92. The molecule has 0 aliphatic rings. The van der Waals surface area contributed by atoms with Crippen LogP contribution in [0.2, 0.25) is 0 Å². The summed E-state index contributed by atoms with van der Waals surface area (Å²) in [6.07, 6.45) is 58.9. The van der Waals surface area contributed by atoms with Crippen LogP contribution in [0.1, 0.15) is 226 Å². The molecule has 0 rings (SSSR count). The Hall–Kier alpha value is -1.65. The van der Waals surface area contributed by atoms with Crippen LogP contribution >= 0.6 is 0 Å². The summed E-state index contributed by atoms with van der Waals surface area (Å²) in [5, 5.41) is 9.61. The van der Waals surface area contributed by atoms with Crippen LogP contribution in [0.4, 0.5) is 0 Å². The quantitative estimate of drug-likeness (QED) is 0.0386. The first-order valence-electron chi connectivity index (χ1n) is 22.7. The second-order valence-corrected chi connectivity index (χ2v) is 15.1. The number of allylic oxidation sites excluding steroid dienone is 8. The molecule has 1 unspecified atom stereocenters. The Morgan fingerprint density at radius 1 is 0.481 bits per heavy atom. The first kappa shape index (κ1) is 50.4. The summed E-state index contributed by atoms with van der Waals surface area (Å²) in [7, 11) is 0. The van der Waals surface area contributed by atoms with Gasteiger partial charge in [0.05, 0.1) is 13.2 Å². The van der Waals surface area contributed by atoms with E-state index in [0.29, 0.717) is 19.6 Å². The van der Waals surface area contributed by atoms with E-state index in [4.69, 9.17) is 9.47 Å². The minimum Gasteiger partial charge on any atom is -0.457 e. The van der Waals surface area contributed by atoms with E-state index in [9.17, 15) is 9.90 Å². The molecule has 0 saturated heterocycles. The van der Waals surface area contributed by atoms with Crippen LogP contribution in [0.3, 0.4) is 0 Å². The fourth-order valence-electron chi connectivity index (χ4n) is 6.56. The second-order valence-electron chi connectivity index (χ2n) is 15.1. The van der Waals surface area contributed by atoms with Crippen LogP contribution in [-0.4, -0.2) is 37.0 Å². The summed E-state index contributed by atoms with van der Waals surface area (Å²) in [4.78, 5) is 12.2. The molecule has 0 heterocycles. The largest absolute Gasteiger partial charge is 0.457 e. The molecular weight excluding hydrogens is 641 g/mol. The van der Waals surface area contributed by atoms with Gasteiger partial charge in [0.1, 0.15) is 6.10 Å². The zero-order valence-corrected chi connectivity index (χ0v) is 34.8. The SMILES string of the molecule is CC/C=C\C/C=C\C/C=C\C/C=C\CCCCCCCCCCCCCCC(=O)OC(CO)COCCCCCCCCCCCCCCCCC. The van der Waals surface area contributed by atoms with Gasteiger partial charge in [0.2, 0.25) is 0 Å². The molecule has 4 nitrogen and oxygen atoms in total. The Morgan fingerprint density at radius 3 is 1.31 bits per heavy atom. The molecular formula is C48H88O4. The van der Waals surface area contributed by atoms with E-state index in [1.54, 1.807) is 0 Å². The Morgan fingerprint density at radius 2 is 0.865 bits per heavy atom. The monoisotopic (exact) mass is 729 g/mol. The van der Waals surface area contributed by atoms with E-state index < -0.39 is 6.10 Å². The maximum atomic E-state index is 12.2. The van der Waals surface area contributed by atoms with Crippen LogP contribution in [-0.2, 0) is 14.3 Å². The molecule has 0 spiro atoms. The predicted octanol–water partition coefficient (Wildman–Crippen LogP) is 15.0. The number of hydrogen-bond acceptors (Lipinski definition) is 4. The number of hydrogen-bond donors (Lipinski definition) is 1. The molecule has 0 saturated carbocycles. The molecule has 4 heteroatoms. The van der Waals surface area contributed by atoms with Crippen molar-refractivity contribution in [3.05, 3.63) is 48.6 Å². The van der Waals surface area contributed by atoms with E-state index in [1.807, 2.05) is 0 Å². The van der Waals surface area contributed by atoms with E-state index in [1.165, 1.54) is 161 Å². The molecule has 0 radical (unpaired) electrons. The third kappa shape index (κ3) is 42.8. The van der Waals surface area contributed by atoms with Gasteiger partial charge in [-0.1, -0.05) is 217 Å². The number of carbonyl (C=O) groups excluding carboxylic acids is 1. The summed E-state index contributed by atoms with van der Waals surface area (Å²) >= 11 is 0. The summed E-state index contributed by atoms with van der Waals surface area (Å²) < 4.78 is 11.2. The van der Waals surface area contributed by atoms with Crippen molar-refractivity contribution in [2.45, 2.75) is 232 Å². The molecule has 0 bridgehead atoms. The van der Waals surface area contributed by atoms with E-state index in [-0.39, 0.29) is 12.6 Å². The molecule has 0 fully saturated rings. The van der Waals surface area contributed by atoms with Crippen molar-refractivity contribution in [1.82, 2.24) is 0 Å². The van der Waals surface area contributed by atoms with Crippen LogP contribution in [0.5, 0.6) is 0 Å². The number of rotatable bonds is 42. The molecule has 0 aromatic carbocycles. The normalized spacial score (nSPS) is 12.8. The summed E-state index contributed by atoms with van der Waals surface area (Å²) in [6.45, 7) is 5.26. The van der Waals surface area contributed by atoms with Gasteiger partial charge in [-0.2, -0.15) is 0 Å². The third-order valence-corrected chi connectivity index (χ3v) is 9.92. The standard InChI is InChI=1S/C48H88O4/c1-3-5-7-9-11-13-15-17-19-20-21-22-23-24-25-26-27-28-29-31-33-35-37-39-41-43-48(50)52-47(45-49)46-51-44-42-40-38-36-34-32-30-18-16-14-12-10-8-6-4-2/h5,7,11,13,17,19,21-22,47,49H,3-4,6,8-10,12,14-16,18,20,23-46H2,1-2H3/b7-5-,13-11-,19-17-,22-21-. The molecule has 304 valence electrons. The van der Waals surface area contributed by atoms with Gasteiger partial charge in [-0.25, -0.2) is 0 Å².